The van der Waals surface area contributed by atoms with Gasteiger partial charge in [-0.25, -0.2) is 0 Å². The van der Waals surface area contributed by atoms with E-state index in [0.29, 0.717) is 6.61 Å². The standard InChI is InChI=1S/C17H27N3OS.HI/c1-5-21-15-8-6-7-14(11-15)12-19-16(18-4)20-9-10-22-17(2,3)13-20;/h6-8,11H,5,9-10,12-13H2,1-4H3,(H,18,19);1H. The summed E-state index contributed by atoms with van der Waals surface area (Å²) in [4.78, 5) is 6.79. The number of thioether (sulfide) groups is 1. The molecule has 1 aromatic rings. The maximum atomic E-state index is 5.55. The Kier molecular flexibility index (Phi) is 8.53. The highest BCUT2D eigenvalue weighted by atomic mass is 127. The van der Waals surface area contributed by atoms with Crippen molar-refractivity contribution in [2.75, 3.05) is 32.5 Å². The molecule has 23 heavy (non-hydrogen) atoms. The second-order valence-electron chi connectivity index (χ2n) is 6.01. The van der Waals surface area contributed by atoms with Gasteiger partial charge in [0.05, 0.1) is 6.61 Å². The zero-order valence-electron chi connectivity index (χ0n) is 14.5. The molecule has 0 bridgehead atoms. The molecular formula is C17H28IN3OS. The fourth-order valence-corrected chi connectivity index (χ4v) is 3.73. The van der Waals surface area contributed by atoms with Crippen LogP contribution in [0.1, 0.15) is 26.3 Å². The minimum atomic E-state index is 0. The number of halogens is 1. The summed E-state index contributed by atoms with van der Waals surface area (Å²) in [5.74, 6) is 3.05. The molecule has 4 nitrogen and oxygen atoms in total. The molecule has 130 valence electrons. The molecule has 1 aliphatic heterocycles. The number of nitrogens with one attached hydrogen (secondary N) is 1. The summed E-state index contributed by atoms with van der Waals surface area (Å²) in [6.45, 7) is 10.1. The van der Waals surface area contributed by atoms with Gasteiger partial charge in [0.15, 0.2) is 5.96 Å². The number of nitrogens with zero attached hydrogens (tertiary/aromatic N) is 2. The largest absolute Gasteiger partial charge is 0.494 e. The van der Waals surface area contributed by atoms with E-state index in [0.717, 1.165) is 37.1 Å². The van der Waals surface area contributed by atoms with Crippen molar-refractivity contribution in [3.05, 3.63) is 29.8 Å². The summed E-state index contributed by atoms with van der Waals surface area (Å²) in [5.41, 5.74) is 1.21. The van der Waals surface area contributed by atoms with Gasteiger partial charge >= 0.3 is 0 Å². The van der Waals surface area contributed by atoms with Crippen molar-refractivity contribution in [3.8, 4) is 5.75 Å². The number of hydrogen-bond acceptors (Lipinski definition) is 3. The van der Waals surface area contributed by atoms with Crippen LogP contribution in [-0.2, 0) is 6.54 Å². The highest BCUT2D eigenvalue weighted by Gasteiger charge is 2.28. The SMILES string of the molecule is CCOc1cccc(CNC(=NC)N2CCSC(C)(C)C2)c1.I. The van der Waals surface area contributed by atoms with E-state index >= 15 is 0 Å². The zero-order chi connectivity index (χ0) is 16.0. The van der Waals surface area contributed by atoms with E-state index < -0.39 is 0 Å². The minimum absolute atomic E-state index is 0. The van der Waals surface area contributed by atoms with Crippen LogP contribution in [0, 0.1) is 0 Å². The van der Waals surface area contributed by atoms with Gasteiger partial charge in [-0.3, -0.25) is 4.99 Å². The van der Waals surface area contributed by atoms with Crippen LogP contribution in [0.15, 0.2) is 29.3 Å². The second-order valence-corrected chi connectivity index (χ2v) is 7.81. The maximum Gasteiger partial charge on any atom is 0.193 e. The molecular weight excluding hydrogens is 421 g/mol. The number of hydrogen-bond donors (Lipinski definition) is 1. The zero-order valence-corrected chi connectivity index (χ0v) is 17.6. The van der Waals surface area contributed by atoms with Crippen molar-refractivity contribution in [2.45, 2.75) is 32.1 Å². The molecule has 0 saturated carbocycles. The summed E-state index contributed by atoms with van der Waals surface area (Å²) in [7, 11) is 1.85. The Morgan fingerprint density at radius 2 is 2.22 bits per heavy atom. The first-order valence-electron chi connectivity index (χ1n) is 7.85. The second kappa shape index (κ2) is 9.61. The van der Waals surface area contributed by atoms with Crippen molar-refractivity contribution >= 4 is 41.7 Å². The maximum absolute atomic E-state index is 5.55. The van der Waals surface area contributed by atoms with Crippen LogP contribution in [0.3, 0.4) is 0 Å². The van der Waals surface area contributed by atoms with Gasteiger partial charge in [0.1, 0.15) is 5.75 Å². The van der Waals surface area contributed by atoms with Crippen LogP contribution < -0.4 is 10.1 Å². The molecule has 1 fully saturated rings. The molecule has 0 radical (unpaired) electrons. The van der Waals surface area contributed by atoms with Crippen molar-refractivity contribution < 1.29 is 4.74 Å². The average Bonchev–Trinajstić information content (AvgIpc) is 2.48. The van der Waals surface area contributed by atoms with Gasteiger partial charge in [0.25, 0.3) is 0 Å². The van der Waals surface area contributed by atoms with E-state index in [4.69, 9.17) is 4.74 Å². The third-order valence-electron chi connectivity index (χ3n) is 3.60. The summed E-state index contributed by atoms with van der Waals surface area (Å²) in [6, 6.07) is 8.22. The van der Waals surface area contributed by atoms with Crippen LogP contribution >= 0.6 is 35.7 Å². The van der Waals surface area contributed by atoms with Crippen molar-refractivity contribution in [3.63, 3.8) is 0 Å². The third kappa shape index (κ3) is 6.41. The molecule has 0 atom stereocenters. The fourth-order valence-electron chi connectivity index (χ4n) is 2.62. The topological polar surface area (TPSA) is 36.9 Å². The Balaban J connectivity index is 0.00000264. The van der Waals surface area contributed by atoms with E-state index in [9.17, 15) is 0 Å². The molecule has 1 heterocycles. The van der Waals surface area contributed by atoms with Crippen LogP contribution in [-0.4, -0.2) is 48.1 Å². The van der Waals surface area contributed by atoms with Gasteiger partial charge in [-0.05, 0) is 38.5 Å². The first-order valence-corrected chi connectivity index (χ1v) is 8.84. The summed E-state index contributed by atoms with van der Waals surface area (Å²) < 4.78 is 5.83. The number of aliphatic imine (C=N–C) groups is 1. The first kappa shape index (κ1) is 20.4. The molecule has 1 N–H and O–H groups in total. The number of ether oxygens (including phenoxy) is 1. The molecule has 0 aromatic heterocycles. The molecule has 0 unspecified atom stereocenters. The number of rotatable bonds is 4. The van der Waals surface area contributed by atoms with Crippen molar-refractivity contribution in [1.29, 1.82) is 0 Å². The number of guanidine groups is 1. The molecule has 6 heteroatoms. The molecule has 1 aliphatic rings. The summed E-state index contributed by atoms with van der Waals surface area (Å²) in [5, 5.41) is 3.47. The molecule has 0 amide bonds. The van der Waals surface area contributed by atoms with Gasteiger partial charge in [-0.1, -0.05) is 12.1 Å². The molecule has 1 saturated heterocycles. The lowest BCUT2D eigenvalue weighted by Crippen LogP contribution is -2.50. The Morgan fingerprint density at radius 1 is 1.43 bits per heavy atom. The third-order valence-corrected chi connectivity index (χ3v) is 4.89. The molecule has 1 aromatic carbocycles. The summed E-state index contributed by atoms with van der Waals surface area (Å²) >= 11 is 2.03. The average molecular weight is 449 g/mol. The number of benzene rings is 1. The monoisotopic (exact) mass is 449 g/mol. The Morgan fingerprint density at radius 3 is 2.87 bits per heavy atom. The van der Waals surface area contributed by atoms with Gasteiger partial charge in [0, 0.05) is 37.2 Å². The van der Waals surface area contributed by atoms with Crippen LogP contribution in [0.4, 0.5) is 0 Å². The van der Waals surface area contributed by atoms with E-state index in [-0.39, 0.29) is 28.7 Å². The predicted molar refractivity (Wildman–Crippen MR) is 111 cm³/mol. The van der Waals surface area contributed by atoms with Gasteiger partial charge in [-0.2, -0.15) is 11.8 Å². The normalized spacial score (nSPS) is 17.4. The molecule has 0 aliphatic carbocycles. The van der Waals surface area contributed by atoms with E-state index in [2.05, 4.69) is 41.2 Å². The Hall–Kier alpha value is -0.630. The highest BCUT2D eigenvalue weighted by molar-refractivity contribution is 14.0. The lowest BCUT2D eigenvalue weighted by atomic mass is 10.2. The first-order chi connectivity index (χ1) is 10.5. The van der Waals surface area contributed by atoms with Crippen molar-refractivity contribution in [2.24, 2.45) is 4.99 Å². The van der Waals surface area contributed by atoms with Crippen molar-refractivity contribution in [1.82, 2.24) is 10.2 Å². The van der Waals surface area contributed by atoms with Crippen LogP contribution in [0.25, 0.3) is 0 Å². The van der Waals surface area contributed by atoms with Gasteiger partial charge < -0.3 is 15.0 Å². The summed E-state index contributed by atoms with van der Waals surface area (Å²) in [6.07, 6.45) is 0. The predicted octanol–water partition coefficient (Wildman–Crippen LogP) is 3.61. The van der Waals surface area contributed by atoms with Gasteiger partial charge in [-0.15, -0.1) is 24.0 Å². The lowest BCUT2D eigenvalue weighted by Gasteiger charge is -2.39. The Bertz CT molecular complexity index is 522. The van der Waals surface area contributed by atoms with Crippen LogP contribution in [0.5, 0.6) is 5.75 Å². The Labute approximate surface area is 161 Å². The molecule has 0 spiro atoms. The smallest absolute Gasteiger partial charge is 0.193 e. The van der Waals surface area contributed by atoms with E-state index in [1.54, 1.807) is 0 Å². The fraction of sp³-hybridized carbons (Fsp3) is 0.588. The van der Waals surface area contributed by atoms with Crippen LogP contribution in [0.2, 0.25) is 0 Å². The van der Waals surface area contributed by atoms with E-state index in [1.807, 2.05) is 37.9 Å². The highest BCUT2D eigenvalue weighted by Crippen LogP contribution is 2.29. The molecule has 2 rings (SSSR count). The van der Waals surface area contributed by atoms with Gasteiger partial charge in [0.2, 0.25) is 0 Å². The van der Waals surface area contributed by atoms with E-state index in [1.165, 1.54) is 5.56 Å². The quantitative estimate of drug-likeness (QED) is 0.433. The minimum Gasteiger partial charge on any atom is -0.494 e. The lowest BCUT2D eigenvalue weighted by molar-refractivity contribution is 0.340.